The minimum Gasteiger partial charge on any atom is -0.462 e. The minimum atomic E-state index is -0.481. The molecule has 4 unspecified atom stereocenters. The van der Waals surface area contributed by atoms with Crippen LogP contribution >= 0.6 is 15.9 Å². The Bertz CT molecular complexity index is 750. The molecule has 9 atom stereocenters. The van der Waals surface area contributed by atoms with E-state index >= 15 is 0 Å². The van der Waals surface area contributed by atoms with Crippen molar-refractivity contribution in [2.45, 2.75) is 108 Å². The van der Waals surface area contributed by atoms with Gasteiger partial charge in [-0.3, -0.25) is 9.59 Å². The van der Waals surface area contributed by atoms with Crippen molar-refractivity contribution >= 4 is 27.9 Å². The Morgan fingerprint density at radius 3 is 2.66 bits per heavy atom. The Labute approximate surface area is 200 Å². The van der Waals surface area contributed by atoms with Gasteiger partial charge in [0.15, 0.2) is 0 Å². The predicted octanol–water partition coefficient (Wildman–Crippen LogP) is 5.33. The number of hydrogen-bond acceptors (Lipinski definition) is 5. The maximum absolute atomic E-state index is 12.2. The molecule has 6 heteroatoms. The summed E-state index contributed by atoms with van der Waals surface area (Å²) >= 11 is 3.80. The van der Waals surface area contributed by atoms with Crippen molar-refractivity contribution in [1.29, 1.82) is 0 Å². The van der Waals surface area contributed by atoms with Gasteiger partial charge in [-0.1, -0.05) is 54.8 Å². The van der Waals surface area contributed by atoms with Crippen LogP contribution in [-0.2, 0) is 19.1 Å². The normalized spacial score (nSPS) is 42.8. The molecule has 32 heavy (non-hydrogen) atoms. The second-order valence-corrected chi connectivity index (χ2v) is 11.9. The first-order valence-corrected chi connectivity index (χ1v) is 13.6. The van der Waals surface area contributed by atoms with Gasteiger partial charge >= 0.3 is 11.9 Å². The van der Waals surface area contributed by atoms with Crippen molar-refractivity contribution in [2.24, 2.45) is 29.1 Å². The Hall–Kier alpha value is -0.880. The van der Waals surface area contributed by atoms with E-state index in [1.807, 2.05) is 6.92 Å². The van der Waals surface area contributed by atoms with E-state index < -0.39 is 6.10 Å². The topological polar surface area (TPSA) is 72.8 Å². The number of unbranched alkanes of at least 4 members (excludes halogenated alkanes) is 1. The predicted molar refractivity (Wildman–Crippen MR) is 126 cm³/mol. The molecule has 0 spiro atoms. The van der Waals surface area contributed by atoms with Crippen LogP contribution in [0.4, 0.5) is 0 Å². The number of aliphatic hydroxyl groups is 1. The average Bonchev–Trinajstić information content (AvgIpc) is 3.08. The summed E-state index contributed by atoms with van der Waals surface area (Å²) in [6.45, 7) is 6.29. The van der Waals surface area contributed by atoms with Crippen LogP contribution in [0.15, 0.2) is 11.6 Å². The van der Waals surface area contributed by atoms with Crippen molar-refractivity contribution in [3.8, 4) is 0 Å². The lowest BCUT2D eigenvalue weighted by molar-refractivity contribution is -0.153. The highest BCUT2D eigenvalue weighted by Gasteiger charge is 2.59. The maximum atomic E-state index is 12.2. The standard InChI is InChI=1S/C26H39BrO5/c1-4-6-7-23(30)31-16-10-11-26(3)15(12-16)13-21(28)24-18-14-20(27)25(32-22(29)5-2)17(18)8-9-19(24)26/h13,16-21,24-25,28H,4-12,14H2,1-3H3/t16-,17-,18?,19?,20+,21?,24?,25+,26-/m0/s1. The van der Waals surface area contributed by atoms with Crippen molar-refractivity contribution in [3.63, 3.8) is 0 Å². The highest BCUT2D eigenvalue weighted by molar-refractivity contribution is 9.09. The highest BCUT2D eigenvalue weighted by Crippen LogP contribution is 2.62. The van der Waals surface area contributed by atoms with Gasteiger partial charge in [0.25, 0.3) is 0 Å². The summed E-state index contributed by atoms with van der Waals surface area (Å²) in [7, 11) is 0. The van der Waals surface area contributed by atoms with Crippen molar-refractivity contribution in [2.75, 3.05) is 0 Å². The van der Waals surface area contributed by atoms with Gasteiger partial charge in [0.05, 0.1) is 10.9 Å². The maximum Gasteiger partial charge on any atom is 0.306 e. The summed E-state index contributed by atoms with van der Waals surface area (Å²) in [4.78, 5) is 24.3. The minimum absolute atomic E-state index is 0.0567. The zero-order valence-corrected chi connectivity index (χ0v) is 21.3. The molecule has 0 bridgehead atoms. The van der Waals surface area contributed by atoms with Crippen molar-refractivity contribution < 1.29 is 24.2 Å². The van der Waals surface area contributed by atoms with E-state index in [2.05, 4.69) is 35.9 Å². The van der Waals surface area contributed by atoms with Crippen molar-refractivity contribution in [1.82, 2.24) is 0 Å². The molecule has 0 amide bonds. The second kappa shape index (κ2) is 9.77. The highest BCUT2D eigenvalue weighted by atomic mass is 79.9. The Morgan fingerprint density at radius 1 is 1.16 bits per heavy atom. The number of alkyl halides is 1. The number of esters is 2. The third kappa shape index (κ3) is 4.43. The number of carbonyl (C=O) groups is 2. The molecule has 3 saturated carbocycles. The number of ether oxygens (including phenoxy) is 2. The summed E-state index contributed by atoms with van der Waals surface area (Å²) in [6, 6.07) is 0. The van der Waals surface area contributed by atoms with E-state index in [1.54, 1.807) is 0 Å². The van der Waals surface area contributed by atoms with Crippen LogP contribution in [0.25, 0.3) is 0 Å². The van der Waals surface area contributed by atoms with E-state index in [0.29, 0.717) is 30.6 Å². The molecule has 0 heterocycles. The molecule has 0 radical (unpaired) electrons. The first kappa shape index (κ1) is 24.3. The molecule has 5 nitrogen and oxygen atoms in total. The zero-order chi connectivity index (χ0) is 23.0. The smallest absolute Gasteiger partial charge is 0.306 e. The first-order chi connectivity index (χ1) is 15.3. The molecule has 0 aromatic heterocycles. The van der Waals surface area contributed by atoms with Gasteiger partial charge in [-0.2, -0.15) is 0 Å². The quantitative estimate of drug-likeness (QED) is 0.297. The van der Waals surface area contributed by atoms with Crippen molar-refractivity contribution in [3.05, 3.63) is 11.6 Å². The number of carbonyl (C=O) groups excluding carboxylic acids is 2. The molecule has 4 aliphatic rings. The molecule has 0 aromatic carbocycles. The summed E-state index contributed by atoms with van der Waals surface area (Å²) in [5.41, 5.74) is 1.34. The van der Waals surface area contributed by atoms with Crippen LogP contribution in [0, 0.1) is 29.1 Å². The van der Waals surface area contributed by atoms with Gasteiger partial charge in [0, 0.05) is 25.2 Å². The van der Waals surface area contributed by atoms with Gasteiger partial charge < -0.3 is 14.6 Å². The van der Waals surface area contributed by atoms with E-state index in [9.17, 15) is 14.7 Å². The fourth-order valence-corrected chi connectivity index (χ4v) is 8.19. The van der Waals surface area contributed by atoms with Gasteiger partial charge in [0.2, 0.25) is 0 Å². The molecule has 0 aliphatic heterocycles. The average molecular weight is 511 g/mol. The van der Waals surface area contributed by atoms with Crippen LogP contribution in [0.1, 0.15) is 85.0 Å². The molecule has 4 rings (SSSR count). The lowest BCUT2D eigenvalue weighted by Crippen LogP contribution is -2.52. The summed E-state index contributed by atoms with van der Waals surface area (Å²) in [6.07, 6.45) is 9.92. The Kier molecular flexibility index (Phi) is 7.41. The molecule has 3 fully saturated rings. The van der Waals surface area contributed by atoms with Gasteiger partial charge in [-0.05, 0) is 61.7 Å². The monoisotopic (exact) mass is 510 g/mol. The van der Waals surface area contributed by atoms with E-state index in [4.69, 9.17) is 9.47 Å². The molecule has 4 aliphatic carbocycles. The SMILES string of the molecule is CCCCC(=O)O[C@H]1CC[C@@]2(C)C(=CC(O)C3C4C[C@@H](Br)[C@H](OC(=O)CC)[C@H]4CCC32)C1. The summed E-state index contributed by atoms with van der Waals surface area (Å²) in [5, 5.41) is 11.3. The Balaban J connectivity index is 1.49. The van der Waals surface area contributed by atoms with Crippen LogP contribution in [0.5, 0.6) is 0 Å². The van der Waals surface area contributed by atoms with E-state index in [0.717, 1.165) is 51.4 Å². The van der Waals surface area contributed by atoms with Gasteiger partial charge in [0.1, 0.15) is 12.2 Å². The number of aliphatic hydroxyl groups excluding tert-OH is 1. The number of rotatable bonds is 6. The molecule has 1 N–H and O–H groups in total. The third-order valence-corrected chi connectivity index (χ3v) is 9.83. The Morgan fingerprint density at radius 2 is 1.94 bits per heavy atom. The third-order valence-electron chi connectivity index (χ3n) is 8.94. The summed E-state index contributed by atoms with van der Waals surface area (Å²) < 4.78 is 11.6. The molecule has 0 aromatic rings. The van der Waals surface area contributed by atoms with Crippen LogP contribution in [0.3, 0.4) is 0 Å². The van der Waals surface area contributed by atoms with Crippen LogP contribution in [-0.4, -0.2) is 40.2 Å². The second-order valence-electron chi connectivity index (χ2n) is 10.7. The fourth-order valence-electron chi connectivity index (χ4n) is 7.26. The number of fused-ring (bicyclic) bond motifs is 5. The van der Waals surface area contributed by atoms with E-state index in [1.165, 1.54) is 5.57 Å². The first-order valence-electron chi connectivity index (χ1n) is 12.7. The number of halogens is 1. The lowest BCUT2D eigenvalue weighted by Gasteiger charge is -2.56. The van der Waals surface area contributed by atoms with Crippen LogP contribution < -0.4 is 0 Å². The summed E-state index contributed by atoms with van der Waals surface area (Å²) in [5.74, 6) is 1.10. The molecule has 0 saturated heterocycles. The lowest BCUT2D eigenvalue weighted by atomic mass is 9.50. The molecular weight excluding hydrogens is 472 g/mol. The fraction of sp³-hybridized carbons (Fsp3) is 0.846. The zero-order valence-electron chi connectivity index (χ0n) is 19.7. The van der Waals surface area contributed by atoms with Gasteiger partial charge in [-0.15, -0.1) is 0 Å². The van der Waals surface area contributed by atoms with Gasteiger partial charge in [-0.25, -0.2) is 0 Å². The molecule has 180 valence electrons. The van der Waals surface area contributed by atoms with E-state index in [-0.39, 0.29) is 40.3 Å². The molecular formula is C26H39BrO5. The number of hydrogen-bond donors (Lipinski definition) is 1. The van der Waals surface area contributed by atoms with Crippen LogP contribution in [0.2, 0.25) is 0 Å². The largest absolute Gasteiger partial charge is 0.462 e.